The Labute approximate surface area is 64.0 Å². The van der Waals surface area contributed by atoms with Gasteiger partial charge in [-0.1, -0.05) is 5.92 Å². The van der Waals surface area contributed by atoms with Crippen molar-refractivity contribution in [2.45, 2.75) is 0 Å². The van der Waals surface area contributed by atoms with Crippen LogP contribution in [0, 0.1) is 18.3 Å². The van der Waals surface area contributed by atoms with Crippen LogP contribution in [0.3, 0.4) is 0 Å². The van der Waals surface area contributed by atoms with Gasteiger partial charge >= 0.3 is 0 Å². The number of halogens is 1. The Morgan fingerprint density at radius 2 is 2.45 bits per heavy atom. The SMILES string of the molecule is C#Cc1cnc(F)cc1OC. The third kappa shape index (κ3) is 1.47. The molecular formula is C8H6FNO. The van der Waals surface area contributed by atoms with Gasteiger partial charge in [0.15, 0.2) is 0 Å². The molecule has 0 fully saturated rings. The van der Waals surface area contributed by atoms with Crippen molar-refractivity contribution in [1.82, 2.24) is 4.98 Å². The zero-order valence-corrected chi connectivity index (χ0v) is 5.97. The Morgan fingerprint density at radius 3 is 3.00 bits per heavy atom. The molecule has 0 atom stereocenters. The molecule has 0 N–H and O–H groups in total. The van der Waals surface area contributed by atoms with E-state index in [4.69, 9.17) is 11.2 Å². The number of ether oxygens (including phenoxy) is 1. The lowest BCUT2D eigenvalue weighted by Gasteiger charge is -2.00. The van der Waals surface area contributed by atoms with Crippen molar-refractivity contribution in [3.05, 3.63) is 23.8 Å². The summed E-state index contributed by atoms with van der Waals surface area (Å²) in [6.45, 7) is 0. The second kappa shape index (κ2) is 3.02. The average molecular weight is 151 g/mol. The van der Waals surface area contributed by atoms with Gasteiger partial charge < -0.3 is 4.74 Å². The quantitative estimate of drug-likeness (QED) is 0.444. The molecule has 0 unspecified atom stereocenters. The van der Waals surface area contributed by atoms with Crippen LogP contribution < -0.4 is 4.74 Å². The van der Waals surface area contributed by atoms with E-state index in [1.807, 2.05) is 0 Å². The number of hydrogen-bond donors (Lipinski definition) is 0. The molecule has 0 aliphatic carbocycles. The summed E-state index contributed by atoms with van der Waals surface area (Å²) in [5, 5.41) is 0. The molecule has 0 saturated carbocycles. The van der Waals surface area contributed by atoms with Crippen molar-refractivity contribution >= 4 is 0 Å². The fourth-order valence-electron chi connectivity index (χ4n) is 0.690. The first-order valence-electron chi connectivity index (χ1n) is 2.94. The molecule has 0 bridgehead atoms. The summed E-state index contributed by atoms with van der Waals surface area (Å²) in [6.07, 6.45) is 6.34. The maximum absolute atomic E-state index is 12.4. The van der Waals surface area contributed by atoms with Gasteiger partial charge in [0.1, 0.15) is 5.75 Å². The molecule has 11 heavy (non-hydrogen) atoms. The van der Waals surface area contributed by atoms with Crippen LogP contribution in [-0.2, 0) is 0 Å². The largest absolute Gasteiger partial charge is 0.495 e. The molecule has 1 heterocycles. The molecule has 0 aromatic carbocycles. The van der Waals surface area contributed by atoms with Crippen LogP contribution in [0.1, 0.15) is 5.56 Å². The highest BCUT2D eigenvalue weighted by molar-refractivity contribution is 5.42. The van der Waals surface area contributed by atoms with Crippen LogP contribution in [0.4, 0.5) is 4.39 Å². The van der Waals surface area contributed by atoms with Gasteiger partial charge in [0.25, 0.3) is 0 Å². The minimum atomic E-state index is -0.596. The predicted molar refractivity (Wildman–Crippen MR) is 38.7 cm³/mol. The fraction of sp³-hybridized carbons (Fsp3) is 0.125. The van der Waals surface area contributed by atoms with Gasteiger partial charge in [-0.05, 0) is 0 Å². The molecule has 0 amide bonds. The van der Waals surface area contributed by atoms with Crippen LogP contribution in [0.5, 0.6) is 5.75 Å². The molecule has 0 aliphatic rings. The first kappa shape index (κ1) is 7.55. The Balaban J connectivity index is 3.19. The molecule has 3 heteroatoms. The number of methoxy groups -OCH3 is 1. The summed E-state index contributed by atoms with van der Waals surface area (Å²) in [7, 11) is 1.43. The van der Waals surface area contributed by atoms with Gasteiger partial charge in [0.2, 0.25) is 5.95 Å². The molecule has 0 aliphatic heterocycles. The lowest BCUT2D eigenvalue weighted by molar-refractivity contribution is 0.407. The van der Waals surface area contributed by atoms with E-state index in [1.54, 1.807) is 0 Å². The molecular weight excluding hydrogens is 145 g/mol. The molecule has 1 aromatic heterocycles. The first-order valence-corrected chi connectivity index (χ1v) is 2.94. The Bertz CT molecular complexity index is 303. The summed E-state index contributed by atoms with van der Waals surface area (Å²) in [4.78, 5) is 3.37. The average Bonchev–Trinajstić information content (AvgIpc) is 2.04. The maximum Gasteiger partial charge on any atom is 0.216 e. The molecule has 0 radical (unpaired) electrons. The van der Waals surface area contributed by atoms with Gasteiger partial charge in [-0.25, -0.2) is 4.98 Å². The highest BCUT2D eigenvalue weighted by atomic mass is 19.1. The van der Waals surface area contributed by atoms with E-state index >= 15 is 0 Å². The Morgan fingerprint density at radius 1 is 1.73 bits per heavy atom. The minimum absolute atomic E-state index is 0.333. The van der Waals surface area contributed by atoms with E-state index in [2.05, 4.69) is 10.9 Å². The molecule has 0 saturated heterocycles. The van der Waals surface area contributed by atoms with Gasteiger partial charge in [0, 0.05) is 12.3 Å². The number of pyridine rings is 1. The van der Waals surface area contributed by atoms with Crippen molar-refractivity contribution in [3.63, 3.8) is 0 Å². The van der Waals surface area contributed by atoms with Crippen molar-refractivity contribution in [1.29, 1.82) is 0 Å². The monoisotopic (exact) mass is 151 g/mol. The zero-order valence-electron chi connectivity index (χ0n) is 5.97. The summed E-state index contributed by atoms with van der Waals surface area (Å²) < 4.78 is 17.2. The van der Waals surface area contributed by atoms with Gasteiger partial charge in [-0.2, -0.15) is 4.39 Å². The molecule has 1 aromatic rings. The molecule has 1 rings (SSSR count). The summed E-state index contributed by atoms with van der Waals surface area (Å²) in [6, 6.07) is 1.15. The van der Waals surface area contributed by atoms with Gasteiger partial charge in [-0.3, -0.25) is 0 Å². The minimum Gasteiger partial charge on any atom is -0.495 e. The number of nitrogens with zero attached hydrogens (tertiary/aromatic N) is 1. The van der Waals surface area contributed by atoms with Crippen LogP contribution in [0.15, 0.2) is 12.3 Å². The van der Waals surface area contributed by atoms with Gasteiger partial charge in [-0.15, -0.1) is 6.42 Å². The summed E-state index contributed by atoms with van der Waals surface area (Å²) in [5.41, 5.74) is 0.453. The van der Waals surface area contributed by atoms with Crippen molar-refractivity contribution < 1.29 is 9.13 Å². The van der Waals surface area contributed by atoms with Crippen molar-refractivity contribution in [2.75, 3.05) is 7.11 Å². The van der Waals surface area contributed by atoms with Crippen LogP contribution in [0.2, 0.25) is 0 Å². The number of terminal acetylenes is 1. The lowest BCUT2D eigenvalue weighted by Crippen LogP contribution is -1.91. The van der Waals surface area contributed by atoms with E-state index < -0.39 is 5.95 Å². The number of hydrogen-bond acceptors (Lipinski definition) is 2. The van der Waals surface area contributed by atoms with Crippen molar-refractivity contribution in [2.24, 2.45) is 0 Å². The van der Waals surface area contributed by atoms with Crippen molar-refractivity contribution in [3.8, 4) is 18.1 Å². The zero-order chi connectivity index (χ0) is 8.27. The lowest BCUT2D eigenvalue weighted by atomic mass is 10.3. The third-order valence-electron chi connectivity index (χ3n) is 1.21. The normalized spacial score (nSPS) is 8.82. The Hall–Kier alpha value is -1.56. The summed E-state index contributed by atoms with van der Waals surface area (Å²) >= 11 is 0. The van der Waals surface area contributed by atoms with Crippen LogP contribution in [-0.4, -0.2) is 12.1 Å². The molecule has 56 valence electrons. The number of rotatable bonds is 1. The second-order valence-corrected chi connectivity index (χ2v) is 1.85. The smallest absolute Gasteiger partial charge is 0.216 e. The predicted octanol–water partition coefficient (Wildman–Crippen LogP) is 1.21. The van der Waals surface area contributed by atoms with E-state index in [0.29, 0.717) is 11.3 Å². The van der Waals surface area contributed by atoms with E-state index in [0.717, 1.165) is 6.07 Å². The second-order valence-electron chi connectivity index (χ2n) is 1.85. The molecule has 0 spiro atoms. The maximum atomic E-state index is 12.4. The fourth-order valence-corrected chi connectivity index (χ4v) is 0.690. The van der Waals surface area contributed by atoms with E-state index in [-0.39, 0.29) is 0 Å². The highest BCUT2D eigenvalue weighted by Gasteiger charge is 2.01. The van der Waals surface area contributed by atoms with E-state index in [1.165, 1.54) is 13.3 Å². The topological polar surface area (TPSA) is 22.1 Å². The first-order chi connectivity index (χ1) is 5.27. The van der Waals surface area contributed by atoms with Crippen LogP contribution in [0.25, 0.3) is 0 Å². The number of aromatic nitrogens is 1. The van der Waals surface area contributed by atoms with Crippen LogP contribution >= 0.6 is 0 Å². The summed E-state index contributed by atoms with van der Waals surface area (Å²) in [5.74, 6) is 2.06. The Kier molecular flexibility index (Phi) is 2.07. The molecule has 2 nitrogen and oxygen atoms in total. The van der Waals surface area contributed by atoms with E-state index in [9.17, 15) is 4.39 Å². The standard InChI is InChI=1S/C8H6FNO/c1-3-6-5-10-8(9)4-7(6)11-2/h1,4-5H,2H3. The van der Waals surface area contributed by atoms with Gasteiger partial charge in [0.05, 0.1) is 12.7 Å². The highest BCUT2D eigenvalue weighted by Crippen LogP contribution is 2.15. The third-order valence-corrected chi connectivity index (χ3v) is 1.21.